The van der Waals surface area contributed by atoms with E-state index < -0.39 is 0 Å². The Morgan fingerprint density at radius 1 is 0.375 bits per heavy atom. The summed E-state index contributed by atoms with van der Waals surface area (Å²) in [4.78, 5) is 0. The highest BCUT2D eigenvalue weighted by atomic mass is 14.1. The molecule has 6 aromatic carbocycles. The maximum Gasteiger partial charge on any atom is -0.00735 e. The van der Waals surface area contributed by atoms with Gasteiger partial charge in [-0.3, -0.25) is 0 Å². The normalized spacial score (nSPS) is 11.1. The van der Waals surface area contributed by atoms with Crippen LogP contribution in [0.4, 0.5) is 0 Å². The van der Waals surface area contributed by atoms with E-state index in [4.69, 9.17) is 0 Å². The van der Waals surface area contributed by atoms with E-state index in [2.05, 4.69) is 125 Å². The van der Waals surface area contributed by atoms with Gasteiger partial charge in [0.05, 0.1) is 0 Å². The molecule has 0 heterocycles. The molecule has 0 aromatic heterocycles. The molecular weight excluding hydrogens is 384 g/mol. The topological polar surface area (TPSA) is 0 Å². The van der Waals surface area contributed by atoms with Gasteiger partial charge in [-0.25, -0.2) is 0 Å². The molecular formula is C32H28. The molecule has 6 aromatic rings. The number of aryl methyl sites for hydroxylation is 4. The van der Waals surface area contributed by atoms with Crippen LogP contribution in [0.3, 0.4) is 0 Å². The molecule has 0 radical (unpaired) electrons. The first-order valence-corrected chi connectivity index (χ1v) is 11.3. The standard InChI is InChI=1S/2C16H14/c1-11-6-5-9-14-12(2)10-13-7-3-4-8-15(13)16(11)14;1-11-7-8-15-14-6-4-3-5-13(14)10-12(2)16(15)9-11/h2*3-10H,1-2H3. The molecule has 0 amide bonds. The maximum atomic E-state index is 2.27. The van der Waals surface area contributed by atoms with Crippen LogP contribution >= 0.6 is 0 Å². The molecule has 0 aliphatic carbocycles. The molecule has 32 heavy (non-hydrogen) atoms. The average Bonchev–Trinajstić information content (AvgIpc) is 2.80. The lowest BCUT2D eigenvalue weighted by Gasteiger charge is -2.09. The molecule has 156 valence electrons. The lowest BCUT2D eigenvalue weighted by Crippen LogP contribution is -1.84. The van der Waals surface area contributed by atoms with Crippen LogP contribution in [0.5, 0.6) is 0 Å². The highest BCUT2D eigenvalue weighted by Crippen LogP contribution is 2.31. The average molecular weight is 413 g/mol. The Bertz CT molecular complexity index is 1590. The summed E-state index contributed by atoms with van der Waals surface area (Å²) in [6.07, 6.45) is 0. The summed E-state index contributed by atoms with van der Waals surface area (Å²) in [6.45, 7) is 8.71. The van der Waals surface area contributed by atoms with Gasteiger partial charge >= 0.3 is 0 Å². The van der Waals surface area contributed by atoms with Crippen LogP contribution in [0.1, 0.15) is 22.3 Å². The zero-order valence-corrected chi connectivity index (χ0v) is 19.2. The predicted molar refractivity (Wildman–Crippen MR) is 142 cm³/mol. The van der Waals surface area contributed by atoms with Gasteiger partial charge in [-0.1, -0.05) is 103 Å². The van der Waals surface area contributed by atoms with Crippen molar-refractivity contribution >= 4 is 43.1 Å². The Labute approximate surface area is 190 Å². The first-order valence-electron chi connectivity index (χ1n) is 11.3. The molecule has 0 fully saturated rings. The van der Waals surface area contributed by atoms with Crippen molar-refractivity contribution in [3.63, 3.8) is 0 Å². The van der Waals surface area contributed by atoms with E-state index in [9.17, 15) is 0 Å². The number of fused-ring (bicyclic) bond motifs is 6. The minimum atomic E-state index is 1.32. The number of hydrogen-bond donors (Lipinski definition) is 0. The predicted octanol–water partition coefficient (Wildman–Crippen LogP) is 9.22. The molecule has 0 heteroatoms. The van der Waals surface area contributed by atoms with Crippen molar-refractivity contribution in [3.8, 4) is 0 Å². The number of rotatable bonds is 0. The lowest BCUT2D eigenvalue weighted by atomic mass is 9.95. The van der Waals surface area contributed by atoms with E-state index in [1.807, 2.05) is 0 Å². The first-order chi connectivity index (χ1) is 15.5. The van der Waals surface area contributed by atoms with Crippen molar-refractivity contribution in [2.45, 2.75) is 27.7 Å². The maximum absolute atomic E-state index is 2.27. The fraction of sp³-hybridized carbons (Fsp3) is 0.125. The van der Waals surface area contributed by atoms with Gasteiger partial charge in [-0.2, -0.15) is 0 Å². The zero-order chi connectivity index (χ0) is 22.2. The molecule has 0 aliphatic rings. The number of benzene rings is 6. The molecule has 0 saturated heterocycles. The van der Waals surface area contributed by atoms with E-state index in [0.717, 1.165) is 0 Å². The Morgan fingerprint density at radius 3 is 1.72 bits per heavy atom. The van der Waals surface area contributed by atoms with Crippen LogP contribution in [0.25, 0.3) is 43.1 Å². The fourth-order valence-electron chi connectivity index (χ4n) is 4.91. The van der Waals surface area contributed by atoms with Crippen molar-refractivity contribution in [2.75, 3.05) is 0 Å². The van der Waals surface area contributed by atoms with E-state index in [-0.39, 0.29) is 0 Å². The summed E-state index contributed by atoms with van der Waals surface area (Å²) in [5.41, 5.74) is 5.40. The van der Waals surface area contributed by atoms with Crippen LogP contribution in [0.15, 0.2) is 97.1 Å². The highest BCUT2D eigenvalue weighted by Gasteiger charge is 2.05. The van der Waals surface area contributed by atoms with E-state index in [1.54, 1.807) is 0 Å². The highest BCUT2D eigenvalue weighted by molar-refractivity contribution is 6.10. The molecule has 0 bridgehead atoms. The SMILES string of the molecule is Cc1cc2ccccc2c2c(C)cccc12.Cc1ccc2c(c1)c(C)cc1ccccc12. The van der Waals surface area contributed by atoms with Crippen molar-refractivity contribution < 1.29 is 0 Å². The van der Waals surface area contributed by atoms with Gasteiger partial charge < -0.3 is 0 Å². The molecule has 6 rings (SSSR count). The van der Waals surface area contributed by atoms with Crippen molar-refractivity contribution in [3.05, 3.63) is 119 Å². The first kappa shape index (κ1) is 20.3. The van der Waals surface area contributed by atoms with E-state index in [1.165, 1.54) is 65.3 Å². The molecule has 0 atom stereocenters. The van der Waals surface area contributed by atoms with Crippen LogP contribution in [-0.4, -0.2) is 0 Å². The minimum Gasteiger partial charge on any atom is -0.0616 e. The number of hydrogen-bond acceptors (Lipinski definition) is 0. The van der Waals surface area contributed by atoms with Crippen LogP contribution in [0.2, 0.25) is 0 Å². The third-order valence-electron chi connectivity index (χ3n) is 6.52. The zero-order valence-electron chi connectivity index (χ0n) is 19.2. The summed E-state index contributed by atoms with van der Waals surface area (Å²) in [5, 5.41) is 10.9. The van der Waals surface area contributed by atoms with Gasteiger partial charge in [-0.15, -0.1) is 0 Å². The molecule has 0 aliphatic heterocycles. The van der Waals surface area contributed by atoms with Crippen LogP contribution in [-0.2, 0) is 0 Å². The quantitative estimate of drug-likeness (QED) is 0.218. The lowest BCUT2D eigenvalue weighted by molar-refractivity contribution is 1.48. The van der Waals surface area contributed by atoms with E-state index in [0.29, 0.717) is 0 Å². The Kier molecular flexibility index (Phi) is 5.15. The smallest absolute Gasteiger partial charge is 0.00735 e. The Balaban J connectivity index is 0.000000135. The summed E-state index contributed by atoms with van der Waals surface area (Å²) < 4.78 is 0. The fourth-order valence-corrected chi connectivity index (χ4v) is 4.91. The minimum absolute atomic E-state index is 1.32. The van der Waals surface area contributed by atoms with Crippen LogP contribution in [0, 0.1) is 27.7 Å². The van der Waals surface area contributed by atoms with Gasteiger partial charge in [0.2, 0.25) is 0 Å². The summed E-state index contributed by atoms with van der Waals surface area (Å²) in [7, 11) is 0. The van der Waals surface area contributed by atoms with E-state index >= 15 is 0 Å². The third-order valence-corrected chi connectivity index (χ3v) is 6.52. The van der Waals surface area contributed by atoms with Gasteiger partial charge in [0.15, 0.2) is 0 Å². The van der Waals surface area contributed by atoms with Crippen molar-refractivity contribution in [1.82, 2.24) is 0 Å². The molecule has 0 unspecified atom stereocenters. The molecule has 0 saturated carbocycles. The van der Waals surface area contributed by atoms with Crippen molar-refractivity contribution in [1.29, 1.82) is 0 Å². The summed E-state index contributed by atoms with van der Waals surface area (Å²) >= 11 is 0. The largest absolute Gasteiger partial charge is 0.0616 e. The Morgan fingerprint density at radius 2 is 0.969 bits per heavy atom. The summed E-state index contributed by atoms with van der Waals surface area (Å²) in [6, 6.07) is 35.0. The van der Waals surface area contributed by atoms with Gasteiger partial charge in [0.25, 0.3) is 0 Å². The Hall–Kier alpha value is -3.64. The second kappa shape index (κ2) is 8.13. The van der Waals surface area contributed by atoms with Gasteiger partial charge in [-0.05, 0) is 87.5 Å². The van der Waals surface area contributed by atoms with Gasteiger partial charge in [0, 0.05) is 0 Å². The second-order valence-electron chi connectivity index (χ2n) is 8.88. The second-order valence-corrected chi connectivity index (χ2v) is 8.88. The molecule has 0 N–H and O–H groups in total. The molecule has 0 spiro atoms. The van der Waals surface area contributed by atoms with Crippen LogP contribution < -0.4 is 0 Å². The summed E-state index contributed by atoms with van der Waals surface area (Å²) in [5.74, 6) is 0. The monoisotopic (exact) mass is 412 g/mol. The van der Waals surface area contributed by atoms with Crippen molar-refractivity contribution in [2.24, 2.45) is 0 Å². The third kappa shape index (κ3) is 3.52. The molecule has 0 nitrogen and oxygen atoms in total. The van der Waals surface area contributed by atoms with Gasteiger partial charge in [0.1, 0.15) is 0 Å².